The summed E-state index contributed by atoms with van der Waals surface area (Å²) in [7, 11) is -2.44. The highest BCUT2D eigenvalue weighted by Gasteiger charge is 2.30. The number of benzene rings is 1. The van der Waals surface area contributed by atoms with Gasteiger partial charge in [-0.3, -0.25) is 0 Å². The summed E-state index contributed by atoms with van der Waals surface area (Å²) in [5.74, 6) is 0. The van der Waals surface area contributed by atoms with Crippen LogP contribution in [0, 0.1) is 0 Å². The maximum atomic E-state index is 12.8. The molecule has 1 atom stereocenters. The van der Waals surface area contributed by atoms with Gasteiger partial charge in [0.25, 0.3) is 0 Å². The molecule has 0 saturated carbocycles. The molecule has 1 N–H and O–H groups in total. The zero-order valence-corrected chi connectivity index (χ0v) is 14.0. The number of thiophene rings is 1. The summed E-state index contributed by atoms with van der Waals surface area (Å²) >= 11 is 7.11. The summed E-state index contributed by atoms with van der Waals surface area (Å²) in [5.41, 5.74) is 0. The normalized spacial score (nSPS) is 12.6. The number of sulfone groups is 1. The van der Waals surface area contributed by atoms with Gasteiger partial charge in [-0.2, -0.15) is 0 Å². The van der Waals surface area contributed by atoms with Crippen molar-refractivity contribution in [3.05, 3.63) is 51.7 Å². The third-order valence-corrected chi connectivity index (χ3v) is 6.48. The lowest BCUT2D eigenvalue weighted by atomic mass is 10.3. The SMILES string of the molecule is COC(=O)NCC(c1cccs1)S(=O)(=O)c1ccc(Cl)cc1. The monoisotopic (exact) mass is 359 g/mol. The summed E-state index contributed by atoms with van der Waals surface area (Å²) in [5, 5.41) is 3.81. The average Bonchev–Trinajstić information content (AvgIpc) is 3.01. The van der Waals surface area contributed by atoms with Gasteiger partial charge in [-0.1, -0.05) is 17.7 Å². The summed E-state index contributed by atoms with van der Waals surface area (Å²) in [6, 6.07) is 9.44. The fourth-order valence-electron chi connectivity index (χ4n) is 1.87. The molecule has 1 aromatic heterocycles. The van der Waals surface area contributed by atoms with E-state index in [2.05, 4.69) is 10.1 Å². The molecule has 8 heteroatoms. The topological polar surface area (TPSA) is 72.5 Å². The van der Waals surface area contributed by atoms with E-state index >= 15 is 0 Å². The number of amides is 1. The summed E-state index contributed by atoms with van der Waals surface area (Å²) in [4.78, 5) is 12.1. The lowest BCUT2D eigenvalue weighted by Gasteiger charge is -2.17. The van der Waals surface area contributed by atoms with Crippen molar-refractivity contribution < 1.29 is 17.9 Å². The number of methoxy groups -OCH3 is 1. The highest BCUT2D eigenvalue weighted by atomic mass is 35.5. The molecule has 1 aromatic carbocycles. The van der Waals surface area contributed by atoms with E-state index in [0.717, 1.165) is 0 Å². The second kappa shape index (κ2) is 7.13. The highest BCUT2D eigenvalue weighted by molar-refractivity contribution is 7.91. The Labute approximate surface area is 137 Å². The molecule has 0 spiro atoms. The number of nitrogens with one attached hydrogen (secondary N) is 1. The number of rotatable bonds is 5. The molecule has 0 radical (unpaired) electrons. The second-order valence-electron chi connectivity index (χ2n) is 4.38. The van der Waals surface area contributed by atoms with Crippen LogP contribution in [0.25, 0.3) is 0 Å². The first-order valence-corrected chi connectivity index (χ1v) is 9.10. The van der Waals surface area contributed by atoms with Crippen molar-refractivity contribution in [2.75, 3.05) is 13.7 Å². The van der Waals surface area contributed by atoms with Gasteiger partial charge >= 0.3 is 6.09 Å². The standard InChI is InChI=1S/C14H14ClNO4S2/c1-20-14(17)16-9-13(12-3-2-8-21-12)22(18,19)11-6-4-10(15)5-7-11/h2-8,13H,9H2,1H3,(H,16,17). The van der Waals surface area contributed by atoms with E-state index in [0.29, 0.717) is 9.90 Å². The van der Waals surface area contributed by atoms with Crippen LogP contribution in [0.15, 0.2) is 46.7 Å². The molecule has 0 bridgehead atoms. The minimum absolute atomic E-state index is 0.0713. The smallest absolute Gasteiger partial charge is 0.406 e. The molecule has 1 amide bonds. The van der Waals surface area contributed by atoms with E-state index in [1.54, 1.807) is 17.5 Å². The van der Waals surface area contributed by atoms with Crippen molar-refractivity contribution in [2.45, 2.75) is 10.1 Å². The zero-order chi connectivity index (χ0) is 16.2. The average molecular weight is 360 g/mol. The van der Waals surface area contributed by atoms with Crippen LogP contribution in [0.2, 0.25) is 5.02 Å². The highest BCUT2D eigenvalue weighted by Crippen LogP contribution is 2.31. The lowest BCUT2D eigenvalue weighted by Crippen LogP contribution is -2.31. The zero-order valence-electron chi connectivity index (χ0n) is 11.7. The van der Waals surface area contributed by atoms with Crippen LogP contribution >= 0.6 is 22.9 Å². The Morgan fingerprint density at radius 2 is 2.00 bits per heavy atom. The van der Waals surface area contributed by atoms with E-state index in [-0.39, 0.29) is 11.4 Å². The summed E-state index contributed by atoms with van der Waals surface area (Å²) in [6.45, 7) is -0.0713. The van der Waals surface area contributed by atoms with Gasteiger partial charge in [0.05, 0.1) is 12.0 Å². The van der Waals surface area contributed by atoms with Crippen molar-refractivity contribution >= 4 is 38.9 Å². The first-order valence-electron chi connectivity index (χ1n) is 6.30. The summed E-state index contributed by atoms with van der Waals surface area (Å²) < 4.78 is 30.1. The van der Waals surface area contributed by atoms with Crippen molar-refractivity contribution in [3.8, 4) is 0 Å². The minimum Gasteiger partial charge on any atom is -0.453 e. The van der Waals surface area contributed by atoms with Crippen molar-refractivity contribution in [1.82, 2.24) is 5.32 Å². The molecule has 5 nitrogen and oxygen atoms in total. The van der Waals surface area contributed by atoms with Crippen LogP contribution in [0.5, 0.6) is 0 Å². The Balaban J connectivity index is 2.35. The first kappa shape index (κ1) is 16.8. The predicted molar refractivity (Wildman–Crippen MR) is 86.1 cm³/mol. The van der Waals surface area contributed by atoms with Crippen LogP contribution in [-0.2, 0) is 14.6 Å². The number of ether oxygens (including phenoxy) is 1. The van der Waals surface area contributed by atoms with Gasteiger partial charge < -0.3 is 10.1 Å². The molecule has 22 heavy (non-hydrogen) atoms. The van der Waals surface area contributed by atoms with Crippen molar-refractivity contribution in [1.29, 1.82) is 0 Å². The molecule has 0 saturated heterocycles. The van der Waals surface area contributed by atoms with E-state index in [1.165, 1.54) is 42.7 Å². The van der Waals surface area contributed by atoms with Gasteiger partial charge in [-0.25, -0.2) is 13.2 Å². The molecule has 0 aliphatic rings. The quantitative estimate of drug-likeness (QED) is 0.889. The predicted octanol–water partition coefficient (Wildman–Crippen LogP) is 3.27. The number of hydrogen-bond donors (Lipinski definition) is 1. The van der Waals surface area contributed by atoms with Crippen LogP contribution in [0.3, 0.4) is 0 Å². The van der Waals surface area contributed by atoms with Crippen LogP contribution in [0.1, 0.15) is 10.1 Å². The van der Waals surface area contributed by atoms with E-state index < -0.39 is 21.2 Å². The van der Waals surface area contributed by atoms with Crippen molar-refractivity contribution in [2.24, 2.45) is 0 Å². The number of carbonyl (C=O) groups excluding carboxylic acids is 1. The number of halogens is 1. The Kier molecular flexibility index (Phi) is 5.44. The van der Waals surface area contributed by atoms with Crippen LogP contribution in [-0.4, -0.2) is 28.2 Å². The molecular weight excluding hydrogens is 346 g/mol. The van der Waals surface area contributed by atoms with Gasteiger partial charge in [0, 0.05) is 16.4 Å². The van der Waals surface area contributed by atoms with Gasteiger partial charge in [-0.15, -0.1) is 11.3 Å². The Morgan fingerprint density at radius 3 is 2.55 bits per heavy atom. The molecule has 0 aliphatic carbocycles. The summed E-state index contributed by atoms with van der Waals surface area (Å²) in [6.07, 6.45) is -0.673. The molecule has 1 heterocycles. The number of carbonyl (C=O) groups is 1. The lowest BCUT2D eigenvalue weighted by molar-refractivity contribution is 0.171. The maximum absolute atomic E-state index is 12.8. The maximum Gasteiger partial charge on any atom is 0.406 e. The van der Waals surface area contributed by atoms with Crippen LogP contribution in [0.4, 0.5) is 4.79 Å². The third kappa shape index (κ3) is 3.79. The van der Waals surface area contributed by atoms with Gasteiger partial charge in [0.2, 0.25) is 0 Å². The fourth-order valence-corrected chi connectivity index (χ4v) is 4.78. The molecule has 1 unspecified atom stereocenters. The molecule has 2 rings (SSSR count). The van der Waals surface area contributed by atoms with E-state index in [1.807, 2.05) is 0 Å². The molecule has 0 aliphatic heterocycles. The van der Waals surface area contributed by atoms with Crippen LogP contribution < -0.4 is 5.32 Å². The Morgan fingerprint density at radius 1 is 1.32 bits per heavy atom. The minimum atomic E-state index is -3.66. The number of alkyl carbamates (subject to hydrolysis) is 1. The first-order chi connectivity index (χ1) is 10.4. The number of hydrogen-bond acceptors (Lipinski definition) is 5. The van der Waals surface area contributed by atoms with Crippen molar-refractivity contribution in [3.63, 3.8) is 0 Å². The fraction of sp³-hybridized carbons (Fsp3) is 0.214. The Bertz CT molecular complexity index is 727. The van der Waals surface area contributed by atoms with E-state index in [9.17, 15) is 13.2 Å². The molecule has 0 fully saturated rings. The second-order valence-corrected chi connectivity index (χ2v) is 7.92. The largest absolute Gasteiger partial charge is 0.453 e. The molecule has 118 valence electrons. The van der Waals surface area contributed by atoms with E-state index in [4.69, 9.17) is 11.6 Å². The van der Waals surface area contributed by atoms with Gasteiger partial charge in [0.1, 0.15) is 5.25 Å². The third-order valence-electron chi connectivity index (χ3n) is 2.99. The van der Waals surface area contributed by atoms with Gasteiger partial charge in [0.15, 0.2) is 9.84 Å². The molecular formula is C14H14ClNO4S2. The molecule has 2 aromatic rings. The van der Waals surface area contributed by atoms with Gasteiger partial charge in [-0.05, 0) is 35.7 Å². The Hall–Kier alpha value is -1.57.